The second-order valence-corrected chi connectivity index (χ2v) is 3.69. The van der Waals surface area contributed by atoms with Crippen LogP contribution in [0.25, 0.3) is 0 Å². The van der Waals surface area contributed by atoms with Crippen LogP contribution in [-0.2, 0) is 11.3 Å². The largest absolute Gasteiger partial charge is 0.490 e. The zero-order valence-corrected chi connectivity index (χ0v) is 9.49. The molecule has 16 heavy (non-hydrogen) atoms. The topological polar surface area (TPSA) is 39.7 Å². The number of hydrogen-bond donors (Lipinski definition) is 1. The zero-order valence-electron chi connectivity index (χ0n) is 9.49. The molecule has 0 fully saturated rings. The third kappa shape index (κ3) is 2.87. The van der Waals surface area contributed by atoms with Gasteiger partial charge in [-0.3, -0.25) is 5.32 Å². The van der Waals surface area contributed by atoms with Gasteiger partial charge in [-0.15, -0.1) is 0 Å². The monoisotopic (exact) mass is 223 g/mol. The molecule has 0 saturated carbocycles. The van der Waals surface area contributed by atoms with Crippen LogP contribution >= 0.6 is 0 Å². The van der Waals surface area contributed by atoms with Crippen LogP contribution in [0.5, 0.6) is 11.5 Å². The van der Waals surface area contributed by atoms with Gasteiger partial charge in [0.2, 0.25) is 0 Å². The molecule has 0 unspecified atom stereocenters. The van der Waals surface area contributed by atoms with Crippen molar-refractivity contribution >= 4 is 0 Å². The van der Waals surface area contributed by atoms with E-state index in [4.69, 9.17) is 14.2 Å². The van der Waals surface area contributed by atoms with E-state index in [-0.39, 0.29) is 0 Å². The van der Waals surface area contributed by atoms with Crippen molar-refractivity contribution in [3.05, 3.63) is 23.8 Å². The van der Waals surface area contributed by atoms with E-state index in [1.807, 2.05) is 18.2 Å². The Morgan fingerprint density at radius 2 is 2.06 bits per heavy atom. The van der Waals surface area contributed by atoms with E-state index >= 15 is 0 Å². The van der Waals surface area contributed by atoms with Gasteiger partial charge in [-0.05, 0) is 17.7 Å². The smallest absolute Gasteiger partial charge is 0.161 e. The summed E-state index contributed by atoms with van der Waals surface area (Å²) in [5.74, 6) is 1.68. The van der Waals surface area contributed by atoms with Crippen LogP contribution in [0, 0.1) is 0 Å². The van der Waals surface area contributed by atoms with Gasteiger partial charge in [0.25, 0.3) is 0 Å². The molecule has 0 aromatic heterocycles. The normalized spacial score (nSPS) is 14.6. The Morgan fingerprint density at radius 3 is 2.88 bits per heavy atom. The predicted molar refractivity (Wildman–Crippen MR) is 60.8 cm³/mol. The molecule has 1 aromatic rings. The van der Waals surface area contributed by atoms with Crippen molar-refractivity contribution in [3.8, 4) is 11.5 Å². The Kier molecular flexibility index (Phi) is 4.02. The molecule has 1 aliphatic heterocycles. The van der Waals surface area contributed by atoms with Crippen molar-refractivity contribution in [2.75, 3.05) is 27.1 Å². The zero-order chi connectivity index (χ0) is 11.2. The molecule has 0 amide bonds. The fraction of sp³-hybridized carbons (Fsp3) is 0.500. The second-order valence-electron chi connectivity index (χ2n) is 3.69. The highest BCUT2D eigenvalue weighted by molar-refractivity contribution is 5.43. The van der Waals surface area contributed by atoms with Crippen LogP contribution in [0.3, 0.4) is 0 Å². The number of benzene rings is 1. The second kappa shape index (κ2) is 5.72. The summed E-state index contributed by atoms with van der Waals surface area (Å²) in [6.07, 6.45) is 0.936. The van der Waals surface area contributed by atoms with Crippen molar-refractivity contribution in [3.63, 3.8) is 0 Å². The van der Waals surface area contributed by atoms with E-state index in [0.29, 0.717) is 6.73 Å². The molecule has 0 saturated heterocycles. The molecule has 88 valence electrons. The number of methoxy groups -OCH3 is 1. The van der Waals surface area contributed by atoms with Gasteiger partial charge < -0.3 is 14.2 Å². The Labute approximate surface area is 95.5 Å². The lowest BCUT2D eigenvalue weighted by molar-refractivity contribution is 0.174. The van der Waals surface area contributed by atoms with E-state index in [0.717, 1.165) is 37.7 Å². The maximum atomic E-state index is 5.61. The molecular formula is C12H17NO3. The highest BCUT2D eigenvalue weighted by atomic mass is 16.5. The molecule has 0 bridgehead atoms. The SMILES string of the molecule is COCNCc1ccc2c(c1)OCCCO2. The van der Waals surface area contributed by atoms with E-state index in [1.165, 1.54) is 5.56 Å². The standard InChI is InChI=1S/C12H17NO3/c1-14-9-13-8-10-3-4-11-12(7-10)16-6-2-5-15-11/h3-4,7,13H,2,5-6,8-9H2,1H3. The maximum Gasteiger partial charge on any atom is 0.161 e. The summed E-state index contributed by atoms with van der Waals surface area (Å²) in [4.78, 5) is 0. The Morgan fingerprint density at radius 1 is 1.25 bits per heavy atom. The molecular weight excluding hydrogens is 206 g/mol. The van der Waals surface area contributed by atoms with Gasteiger partial charge in [-0.25, -0.2) is 0 Å². The first-order valence-electron chi connectivity index (χ1n) is 5.48. The fourth-order valence-corrected chi connectivity index (χ4v) is 1.62. The summed E-state index contributed by atoms with van der Waals surface area (Å²) in [6.45, 7) is 2.77. The molecule has 2 rings (SSSR count). The number of fused-ring (bicyclic) bond motifs is 1. The summed E-state index contributed by atoms with van der Waals surface area (Å²) < 4.78 is 16.1. The lowest BCUT2D eigenvalue weighted by atomic mass is 10.2. The minimum absolute atomic E-state index is 0.550. The Hall–Kier alpha value is -1.26. The van der Waals surface area contributed by atoms with Gasteiger partial charge in [-0.2, -0.15) is 0 Å². The quantitative estimate of drug-likeness (QED) is 0.621. The van der Waals surface area contributed by atoms with Crippen LogP contribution in [0.4, 0.5) is 0 Å². The molecule has 0 radical (unpaired) electrons. The van der Waals surface area contributed by atoms with Crippen molar-refractivity contribution in [1.29, 1.82) is 0 Å². The summed E-state index contributed by atoms with van der Waals surface area (Å²) in [6, 6.07) is 6.02. The number of nitrogens with one attached hydrogen (secondary N) is 1. The van der Waals surface area contributed by atoms with E-state index < -0.39 is 0 Å². The first kappa shape index (κ1) is 11.2. The Bertz CT molecular complexity index is 341. The van der Waals surface area contributed by atoms with Crippen LogP contribution < -0.4 is 14.8 Å². The molecule has 4 nitrogen and oxygen atoms in total. The van der Waals surface area contributed by atoms with Crippen molar-refractivity contribution in [2.45, 2.75) is 13.0 Å². The third-order valence-corrected chi connectivity index (χ3v) is 2.39. The first-order chi connectivity index (χ1) is 7.90. The van der Waals surface area contributed by atoms with Gasteiger partial charge >= 0.3 is 0 Å². The molecule has 1 N–H and O–H groups in total. The third-order valence-electron chi connectivity index (χ3n) is 2.39. The van der Waals surface area contributed by atoms with Gasteiger partial charge in [-0.1, -0.05) is 6.07 Å². The number of rotatable bonds is 4. The lowest BCUT2D eigenvalue weighted by Gasteiger charge is -2.09. The molecule has 0 spiro atoms. The summed E-state index contributed by atoms with van der Waals surface area (Å²) in [7, 11) is 1.67. The minimum Gasteiger partial charge on any atom is -0.490 e. The number of ether oxygens (including phenoxy) is 3. The van der Waals surface area contributed by atoms with Gasteiger partial charge in [0.05, 0.1) is 19.9 Å². The van der Waals surface area contributed by atoms with E-state index in [1.54, 1.807) is 7.11 Å². The molecule has 1 aromatic carbocycles. The molecule has 0 atom stereocenters. The van der Waals surface area contributed by atoms with Gasteiger partial charge in [0, 0.05) is 20.1 Å². The minimum atomic E-state index is 0.550. The lowest BCUT2D eigenvalue weighted by Crippen LogP contribution is -2.15. The highest BCUT2D eigenvalue weighted by Crippen LogP contribution is 2.30. The highest BCUT2D eigenvalue weighted by Gasteiger charge is 2.10. The van der Waals surface area contributed by atoms with Crippen LogP contribution in [0.2, 0.25) is 0 Å². The summed E-state index contributed by atoms with van der Waals surface area (Å²) in [5, 5.41) is 3.16. The molecule has 4 heteroatoms. The summed E-state index contributed by atoms with van der Waals surface area (Å²) >= 11 is 0. The van der Waals surface area contributed by atoms with Gasteiger partial charge in [0.1, 0.15) is 0 Å². The van der Waals surface area contributed by atoms with E-state index in [2.05, 4.69) is 5.32 Å². The average Bonchev–Trinajstić information content (AvgIpc) is 2.54. The van der Waals surface area contributed by atoms with Crippen molar-refractivity contribution < 1.29 is 14.2 Å². The van der Waals surface area contributed by atoms with Crippen molar-refractivity contribution in [2.24, 2.45) is 0 Å². The molecule has 1 heterocycles. The van der Waals surface area contributed by atoms with E-state index in [9.17, 15) is 0 Å². The molecule has 1 aliphatic rings. The summed E-state index contributed by atoms with van der Waals surface area (Å²) in [5.41, 5.74) is 1.17. The first-order valence-corrected chi connectivity index (χ1v) is 5.48. The number of hydrogen-bond acceptors (Lipinski definition) is 4. The maximum absolute atomic E-state index is 5.61. The average molecular weight is 223 g/mol. The molecule has 0 aliphatic carbocycles. The van der Waals surface area contributed by atoms with Gasteiger partial charge in [0.15, 0.2) is 11.5 Å². The predicted octanol–water partition coefficient (Wildman–Crippen LogP) is 1.54. The Balaban J connectivity index is 2.02. The van der Waals surface area contributed by atoms with Crippen LogP contribution in [0.1, 0.15) is 12.0 Å². The van der Waals surface area contributed by atoms with Crippen molar-refractivity contribution in [1.82, 2.24) is 5.32 Å². The fourth-order valence-electron chi connectivity index (χ4n) is 1.62. The van der Waals surface area contributed by atoms with Crippen LogP contribution in [0.15, 0.2) is 18.2 Å². The van der Waals surface area contributed by atoms with Crippen LogP contribution in [-0.4, -0.2) is 27.1 Å².